The molecule has 0 aromatic carbocycles. The summed E-state index contributed by atoms with van der Waals surface area (Å²) in [5.41, 5.74) is -3.91. The Bertz CT molecular complexity index is 510. The largest absolute Gasteiger partial charge is 0.438 e. The van der Waals surface area contributed by atoms with Crippen molar-refractivity contribution in [2.75, 3.05) is 0 Å². The van der Waals surface area contributed by atoms with Gasteiger partial charge in [-0.25, -0.2) is 0 Å². The summed E-state index contributed by atoms with van der Waals surface area (Å²) in [6.45, 7) is 0. The van der Waals surface area contributed by atoms with Gasteiger partial charge in [0.1, 0.15) is 0 Å². The van der Waals surface area contributed by atoms with E-state index in [1.807, 2.05) is 0 Å². The minimum atomic E-state index is -4.90. The van der Waals surface area contributed by atoms with Gasteiger partial charge in [0.05, 0.1) is 5.41 Å². The third-order valence-electron chi connectivity index (χ3n) is 6.06. The van der Waals surface area contributed by atoms with Crippen molar-refractivity contribution in [3.05, 3.63) is 0 Å². The normalized spacial score (nSPS) is 46.5. The molecule has 4 aliphatic carbocycles. The fraction of sp³-hybridized carbons (Fsp3) is 0.867. The van der Waals surface area contributed by atoms with Crippen LogP contribution in [0.15, 0.2) is 5.10 Å². The van der Waals surface area contributed by atoms with Crippen LogP contribution in [-0.2, 0) is 4.79 Å². The summed E-state index contributed by atoms with van der Waals surface area (Å²) >= 11 is 0. The zero-order valence-electron chi connectivity index (χ0n) is 12.1. The lowest BCUT2D eigenvalue weighted by Crippen LogP contribution is -2.62. The zero-order valence-corrected chi connectivity index (χ0v) is 12.1. The van der Waals surface area contributed by atoms with Crippen molar-refractivity contribution >= 4 is 12.1 Å². The van der Waals surface area contributed by atoms with E-state index in [-0.39, 0.29) is 0 Å². The highest BCUT2D eigenvalue weighted by Gasteiger charge is 2.65. The molecule has 5 rings (SSSR count). The molecule has 1 amide bonds. The van der Waals surface area contributed by atoms with E-state index in [9.17, 15) is 23.1 Å². The molecule has 4 bridgehead atoms. The van der Waals surface area contributed by atoms with Gasteiger partial charge < -0.3 is 5.11 Å². The molecule has 122 valence electrons. The molecule has 0 aromatic heterocycles. The first-order chi connectivity index (χ1) is 10.2. The Kier molecular flexibility index (Phi) is 2.79. The van der Waals surface area contributed by atoms with Crippen LogP contribution in [0.1, 0.15) is 44.9 Å². The quantitative estimate of drug-likeness (QED) is 0.808. The second-order valence-corrected chi connectivity index (χ2v) is 7.63. The van der Waals surface area contributed by atoms with E-state index in [1.165, 1.54) is 0 Å². The summed E-state index contributed by atoms with van der Waals surface area (Å²) in [6.07, 6.45) is 0.646. The molecule has 5 aliphatic rings. The molecule has 4 fully saturated rings. The fourth-order valence-corrected chi connectivity index (χ4v) is 5.49. The molecule has 0 aromatic rings. The SMILES string of the molecule is O=C(N1N=CC[C@]1(O)C(F)(F)F)C12CC3CC(CC(C3)C1)C2. The van der Waals surface area contributed by atoms with Crippen LogP contribution in [0.3, 0.4) is 0 Å². The first kappa shape index (κ1) is 14.5. The van der Waals surface area contributed by atoms with Crippen LogP contribution in [0.2, 0.25) is 0 Å². The Morgan fingerprint density at radius 2 is 1.64 bits per heavy atom. The van der Waals surface area contributed by atoms with E-state index < -0.39 is 29.6 Å². The summed E-state index contributed by atoms with van der Waals surface area (Å²) in [7, 11) is 0. The number of hydrazone groups is 1. The van der Waals surface area contributed by atoms with Gasteiger partial charge in [0, 0.05) is 12.6 Å². The number of halogens is 3. The number of aliphatic hydroxyl groups is 1. The van der Waals surface area contributed by atoms with E-state index in [2.05, 4.69) is 5.10 Å². The summed E-state index contributed by atoms with van der Waals surface area (Å²) in [5.74, 6) is 0.711. The van der Waals surface area contributed by atoms with Gasteiger partial charge in [-0.1, -0.05) is 0 Å². The van der Waals surface area contributed by atoms with Crippen molar-refractivity contribution in [1.82, 2.24) is 5.01 Å². The van der Waals surface area contributed by atoms with Gasteiger partial charge >= 0.3 is 6.18 Å². The number of nitrogens with zero attached hydrogens (tertiary/aromatic N) is 2. The van der Waals surface area contributed by atoms with E-state index >= 15 is 0 Å². The Morgan fingerprint density at radius 1 is 1.14 bits per heavy atom. The molecule has 7 heteroatoms. The van der Waals surface area contributed by atoms with Crippen molar-refractivity contribution in [1.29, 1.82) is 0 Å². The predicted octanol–water partition coefficient (Wildman–Crippen LogP) is 2.67. The second-order valence-electron chi connectivity index (χ2n) is 7.63. The van der Waals surface area contributed by atoms with E-state index in [4.69, 9.17) is 0 Å². The number of alkyl halides is 3. The molecule has 1 heterocycles. The number of hydrogen-bond donors (Lipinski definition) is 1. The maximum absolute atomic E-state index is 13.2. The van der Waals surface area contributed by atoms with Crippen LogP contribution < -0.4 is 0 Å². The van der Waals surface area contributed by atoms with Gasteiger partial charge in [-0.2, -0.15) is 23.3 Å². The van der Waals surface area contributed by atoms with Crippen molar-refractivity contribution in [3.63, 3.8) is 0 Å². The number of carbonyl (C=O) groups excluding carboxylic acids is 1. The van der Waals surface area contributed by atoms with Crippen molar-refractivity contribution in [2.24, 2.45) is 28.3 Å². The molecular formula is C15H19F3N2O2. The molecule has 0 saturated heterocycles. The molecule has 1 atom stereocenters. The summed E-state index contributed by atoms with van der Waals surface area (Å²) in [5, 5.41) is 13.9. The molecule has 1 aliphatic heterocycles. The zero-order chi connectivity index (χ0) is 15.8. The minimum absolute atomic E-state index is 0.333. The molecule has 4 saturated carbocycles. The van der Waals surface area contributed by atoms with Crippen molar-refractivity contribution in [3.8, 4) is 0 Å². The maximum atomic E-state index is 13.2. The van der Waals surface area contributed by atoms with Crippen LogP contribution in [0.4, 0.5) is 13.2 Å². The molecule has 4 nitrogen and oxygen atoms in total. The minimum Gasteiger partial charge on any atom is -0.362 e. The van der Waals surface area contributed by atoms with Gasteiger partial charge in [-0.3, -0.25) is 4.79 Å². The average molecular weight is 316 g/mol. The molecule has 0 unspecified atom stereocenters. The Morgan fingerprint density at radius 3 is 2.09 bits per heavy atom. The second kappa shape index (κ2) is 4.24. The van der Waals surface area contributed by atoms with Crippen molar-refractivity contribution < 1.29 is 23.1 Å². The van der Waals surface area contributed by atoms with Gasteiger partial charge in [0.25, 0.3) is 11.6 Å². The van der Waals surface area contributed by atoms with Gasteiger partial charge in [0.2, 0.25) is 0 Å². The summed E-state index contributed by atoms with van der Waals surface area (Å²) in [4.78, 5) is 12.9. The smallest absolute Gasteiger partial charge is 0.362 e. The lowest BCUT2D eigenvalue weighted by atomic mass is 9.49. The Labute approximate surface area is 126 Å². The van der Waals surface area contributed by atoms with Crippen LogP contribution >= 0.6 is 0 Å². The molecule has 1 N–H and O–H groups in total. The predicted molar refractivity (Wildman–Crippen MR) is 71.6 cm³/mol. The van der Waals surface area contributed by atoms with Crippen LogP contribution in [0.25, 0.3) is 0 Å². The first-order valence-corrected chi connectivity index (χ1v) is 7.90. The van der Waals surface area contributed by atoms with Gasteiger partial charge in [-0.05, 0) is 56.3 Å². The van der Waals surface area contributed by atoms with E-state index in [1.54, 1.807) is 0 Å². The van der Waals surface area contributed by atoms with Crippen LogP contribution in [-0.4, -0.2) is 34.1 Å². The molecule has 22 heavy (non-hydrogen) atoms. The number of hydrogen-bond acceptors (Lipinski definition) is 3. The first-order valence-electron chi connectivity index (χ1n) is 7.90. The maximum Gasteiger partial charge on any atom is 0.438 e. The number of amides is 1. The van der Waals surface area contributed by atoms with E-state index in [0.717, 1.165) is 25.5 Å². The standard InChI is InChI=1S/C15H19F3N2O2/c16-15(17,18)14(22)1-2-19-20(14)12(21)13-6-9-3-10(7-13)5-11(4-9)8-13/h2,9-11,22H,1,3-8H2/t9?,10?,11?,13?,14-/m0/s1. The lowest BCUT2D eigenvalue weighted by molar-refractivity contribution is -0.305. The van der Waals surface area contributed by atoms with Crippen molar-refractivity contribution in [2.45, 2.75) is 56.8 Å². The lowest BCUT2D eigenvalue weighted by Gasteiger charge is -2.56. The molecule has 0 radical (unpaired) electrons. The van der Waals surface area contributed by atoms with E-state index in [0.29, 0.717) is 42.0 Å². The Balaban J connectivity index is 1.66. The van der Waals surface area contributed by atoms with Gasteiger partial charge in [0.15, 0.2) is 0 Å². The average Bonchev–Trinajstić information content (AvgIpc) is 2.79. The summed E-state index contributed by atoms with van der Waals surface area (Å²) < 4.78 is 39.6. The molecule has 0 spiro atoms. The monoisotopic (exact) mass is 316 g/mol. The number of rotatable bonds is 1. The fourth-order valence-electron chi connectivity index (χ4n) is 5.49. The van der Waals surface area contributed by atoms with Crippen LogP contribution in [0, 0.1) is 23.2 Å². The summed E-state index contributed by atoms with van der Waals surface area (Å²) in [6, 6.07) is 0. The highest BCUT2D eigenvalue weighted by molar-refractivity contribution is 5.86. The third kappa shape index (κ3) is 1.80. The number of carbonyl (C=O) groups is 1. The Hall–Kier alpha value is -1.11. The highest BCUT2D eigenvalue weighted by Crippen LogP contribution is 2.61. The highest BCUT2D eigenvalue weighted by atomic mass is 19.4. The van der Waals surface area contributed by atoms with Gasteiger partial charge in [-0.15, -0.1) is 0 Å². The van der Waals surface area contributed by atoms with Crippen LogP contribution in [0.5, 0.6) is 0 Å². The third-order valence-corrected chi connectivity index (χ3v) is 6.06. The molecular weight excluding hydrogens is 297 g/mol. The topological polar surface area (TPSA) is 52.9 Å².